The van der Waals surface area contributed by atoms with E-state index in [4.69, 9.17) is 0 Å². The van der Waals surface area contributed by atoms with E-state index in [2.05, 4.69) is 22.2 Å². The van der Waals surface area contributed by atoms with Gasteiger partial charge < -0.3 is 15.1 Å². The molecule has 3 heteroatoms. The van der Waals surface area contributed by atoms with Crippen molar-refractivity contribution in [1.82, 2.24) is 15.1 Å². The van der Waals surface area contributed by atoms with E-state index >= 15 is 0 Å². The van der Waals surface area contributed by atoms with Gasteiger partial charge in [0.1, 0.15) is 0 Å². The highest BCUT2D eigenvalue weighted by atomic mass is 15.2. The molecule has 1 unspecified atom stereocenters. The SMILES string of the molecule is CN1CCCC(NCCN2CCCC2)C1. The van der Waals surface area contributed by atoms with E-state index in [1.54, 1.807) is 0 Å². The number of nitrogens with zero attached hydrogens (tertiary/aromatic N) is 2. The molecule has 0 aromatic carbocycles. The van der Waals surface area contributed by atoms with Crippen molar-refractivity contribution >= 4 is 0 Å². The smallest absolute Gasteiger partial charge is 0.0195 e. The number of likely N-dealkylation sites (tertiary alicyclic amines) is 2. The second-order valence-corrected chi connectivity index (χ2v) is 5.10. The fourth-order valence-electron chi connectivity index (χ4n) is 2.77. The average Bonchev–Trinajstić information content (AvgIpc) is 2.71. The van der Waals surface area contributed by atoms with Crippen LogP contribution >= 0.6 is 0 Å². The fraction of sp³-hybridized carbons (Fsp3) is 1.00. The molecule has 1 N–H and O–H groups in total. The standard InChI is InChI=1S/C12H25N3/c1-14-7-4-5-12(11-14)13-6-10-15-8-2-3-9-15/h12-13H,2-11H2,1H3. The number of rotatable bonds is 4. The molecule has 15 heavy (non-hydrogen) atoms. The van der Waals surface area contributed by atoms with Gasteiger partial charge >= 0.3 is 0 Å². The molecule has 2 aliphatic rings. The normalized spacial score (nSPS) is 29.8. The summed E-state index contributed by atoms with van der Waals surface area (Å²) >= 11 is 0. The summed E-state index contributed by atoms with van der Waals surface area (Å²) in [7, 11) is 2.23. The zero-order valence-corrected chi connectivity index (χ0v) is 10.0. The number of hydrogen-bond donors (Lipinski definition) is 1. The predicted octanol–water partition coefficient (Wildman–Crippen LogP) is 0.766. The minimum absolute atomic E-state index is 0.742. The Morgan fingerprint density at radius 3 is 2.67 bits per heavy atom. The highest BCUT2D eigenvalue weighted by Crippen LogP contribution is 2.08. The lowest BCUT2D eigenvalue weighted by molar-refractivity contribution is 0.221. The summed E-state index contributed by atoms with van der Waals surface area (Å²) in [5.74, 6) is 0. The quantitative estimate of drug-likeness (QED) is 0.741. The summed E-state index contributed by atoms with van der Waals surface area (Å²) in [5.41, 5.74) is 0. The first kappa shape index (κ1) is 11.4. The van der Waals surface area contributed by atoms with Crippen molar-refractivity contribution in [3.63, 3.8) is 0 Å². The van der Waals surface area contributed by atoms with Crippen molar-refractivity contribution in [2.75, 3.05) is 46.3 Å². The van der Waals surface area contributed by atoms with Gasteiger partial charge in [-0.15, -0.1) is 0 Å². The number of piperidine rings is 1. The molecule has 0 spiro atoms. The van der Waals surface area contributed by atoms with E-state index in [1.165, 1.54) is 65.0 Å². The highest BCUT2D eigenvalue weighted by molar-refractivity contribution is 4.77. The Kier molecular flexibility index (Phi) is 4.42. The van der Waals surface area contributed by atoms with Gasteiger partial charge in [-0.1, -0.05) is 0 Å². The van der Waals surface area contributed by atoms with E-state index in [-0.39, 0.29) is 0 Å². The van der Waals surface area contributed by atoms with Gasteiger partial charge in [-0.3, -0.25) is 0 Å². The van der Waals surface area contributed by atoms with Crippen molar-refractivity contribution in [3.8, 4) is 0 Å². The molecule has 1 atom stereocenters. The van der Waals surface area contributed by atoms with Gasteiger partial charge in [0.2, 0.25) is 0 Å². The fourth-order valence-corrected chi connectivity index (χ4v) is 2.77. The first-order chi connectivity index (χ1) is 7.34. The lowest BCUT2D eigenvalue weighted by Gasteiger charge is -2.30. The van der Waals surface area contributed by atoms with Crippen LogP contribution in [0.4, 0.5) is 0 Å². The molecule has 0 bridgehead atoms. The lowest BCUT2D eigenvalue weighted by Crippen LogP contribution is -2.45. The predicted molar refractivity (Wildman–Crippen MR) is 64.2 cm³/mol. The van der Waals surface area contributed by atoms with Crippen LogP contribution < -0.4 is 5.32 Å². The second-order valence-electron chi connectivity index (χ2n) is 5.10. The number of likely N-dealkylation sites (N-methyl/N-ethyl adjacent to an activating group) is 1. The van der Waals surface area contributed by atoms with E-state index in [9.17, 15) is 0 Å². The summed E-state index contributed by atoms with van der Waals surface area (Å²) in [6.07, 6.45) is 5.54. The number of nitrogens with one attached hydrogen (secondary N) is 1. The summed E-state index contributed by atoms with van der Waals surface area (Å²) in [4.78, 5) is 5.02. The third-order valence-corrected chi connectivity index (χ3v) is 3.68. The molecule has 88 valence electrons. The van der Waals surface area contributed by atoms with Gasteiger partial charge in [0.05, 0.1) is 0 Å². The molecule has 2 saturated heterocycles. The van der Waals surface area contributed by atoms with Crippen LogP contribution in [-0.2, 0) is 0 Å². The molecule has 2 aliphatic heterocycles. The Labute approximate surface area is 93.8 Å². The van der Waals surface area contributed by atoms with Gasteiger partial charge in [0, 0.05) is 25.7 Å². The first-order valence-electron chi connectivity index (χ1n) is 6.49. The van der Waals surface area contributed by atoms with Crippen LogP contribution in [-0.4, -0.2) is 62.2 Å². The first-order valence-corrected chi connectivity index (χ1v) is 6.49. The molecule has 2 heterocycles. The minimum atomic E-state index is 0.742. The molecular weight excluding hydrogens is 186 g/mol. The monoisotopic (exact) mass is 211 g/mol. The van der Waals surface area contributed by atoms with Crippen LogP contribution in [0.25, 0.3) is 0 Å². The van der Waals surface area contributed by atoms with Crippen LogP contribution in [0.15, 0.2) is 0 Å². The molecule has 2 fully saturated rings. The summed E-state index contributed by atoms with van der Waals surface area (Å²) in [6.45, 7) is 7.60. The molecule has 0 radical (unpaired) electrons. The molecule has 0 amide bonds. The Hall–Kier alpha value is -0.120. The van der Waals surface area contributed by atoms with Gasteiger partial charge in [-0.05, 0) is 52.4 Å². The van der Waals surface area contributed by atoms with Crippen molar-refractivity contribution < 1.29 is 0 Å². The molecule has 2 rings (SSSR count). The summed E-state index contributed by atoms with van der Waals surface area (Å²) in [5, 5.41) is 3.70. The Morgan fingerprint density at radius 1 is 1.13 bits per heavy atom. The molecule has 3 nitrogen and oxygen atoms in total. The summed E-state index contributed by atoms with van der Waals surface area (Å²) in [6, 6.07) is 0.742. The van der Waals surface area contributed by atoms with Crippen LogP contribution in [0.5, 0.6) is 0 Å². The maximum atomic E-state index is 3.70. The van der Waals surface area contributed by atoms with Crippen molar-refractivity contribution in [3.05, 3.63) is 0 Å². The topological polar surface area (TPSA) is 18.5 Å². The summed E-state index contributed by atoms with van der Waals surface area (Å²) < 4.78 is 0. The zero-order valence-electron chi connectivity index (χ0n) is 10.0. The van der Waals surface area contributed by atoms with E-state index < -0.39 is 0 Å². The van der Waals surface area contributed by atoms with Crippen molar-refractivity contribution in [2.24, 2.45) is 0 Å². The van der Waals surface area contributed by atoms with E-state index in [0.717, 1.165) is 6.04 Å². The maximum Gasteiger partial charge on any atom is 0.0195 e. The Bertz CT molecular complexity index is 178. The van der Waals surface area contributed by atoms with Gasteiger partial charge in [-0.25, -0.2) is 0 Å². The molecule has 0 aliphatic carbocycles. The molecule has 0 aromatic heterocycles. The third-order valence-electron chi connectivity index (χ3n) is 3.68. The van der Waals surface area contributed by atoms with Crippen molar-refractivity contribution in [1.29, 1.82) is 0 Å². The van der Waals surface area contributed by atoms with Crippen LogP contribution in [0.2, 0.25) is 0 Å². The molecular formula is C12H25N3. The molecule has 0 aromatic rings. The maximum absolute atomic E-state index is 3.70. The second kappa shape index (κ2) is 5.83. The zero-order chi connectivity index (χ0) is 10.5. The Balaban J connectivity index is 1.56. The largest absolute Gasteiger partial charge is 0.311 e. The minimum Gasteiger partial charge on any atom is -0.311 e. The van der Waals surface area contributed by atoms with E-state index in [0.29, 0.717) is 0 Å². The van der Waals surface area contributed by atoms with Crippen LogP contribution in [0.1, 0.15) is 25.7 Å². The van der Waals surface area contributed by atoms with Gasteiger partial charge in [0.25, 0.3) is 0 Å². The highest BCUT2D eigenvalue weighted by Gasteiger charge is 2.17. The van der Waals surface area contributed by atoms with Gasteiger partial charge in [0.15, 0.2) is 0 Å². The van der Waals surface area contributed by atoms with Gasteiger partial charge in [-0.2, -0.15) is 0 Å². The van der Waals surface area contributed by atoms with E-state index in [1.807, 2.05) is 0 Å². The third kappa shape index (κ3) is 3.74. The average molecular weight is 211 g/mol. The Morgan fingerprint density at radius 2 is 1.93 bits per heavy atom. The van der Waals surface area contributed by atoms with Crippen molar-refractivity contribution in [2.45, 2.75) is 31.7 Å². The van der Waals surface area contributed by atoms with Crippen LogP contribution in [0, 0.1) is 0 Å². The van der Waals surface area contributed by atoms with Crippen LogP contribution in [0.3, 0.4) is 0 Å². The number of hydrogen-bond acceptors (Lipinski definition) is 3. The lowest BCUT2D eigenvalue weighted by atomic mass is 10.1. The molecule has 0 saturated carbocycles.